The van der Waals surface area contributed by atoms with Crippen LogP contribution in [0, 0.1) is 0 Å². The zero-order valence-corrected chi connectivity index (χ0v) is 10.9. The second kappa shape index (κ2) is 5.18. The number of alkyl halides is 1. The molecule has 1 aliphatic heterocycles. The molecule has 0 radical (unpaired) electrons. The smallest absolute Gasteiger partial charge is 0.348 e. The Morgan fingerprint density at radius 2 is 2.22 bits per heavy atom. The maximum absolute atomic E-state index is 14.3. The van der Waals surface area contributed by atoms with Crippen LogP contribution in [0.1, 0.15) is 27.7 Å². The first-order valence-corrected chi connectivity index (χ1v) is 5.68. The molecule has 6 heteroatoms. The number of carbonyl (C=O) groups excluding carboxylic acids is 2. The van der Waals surface area contributed by atoms with E-state index >= 15 is 0 Å². The van der Waals surface area contributed by atoms with E-state index in [4.69, 9.17) is 9.47 Å². The van der Waals surface area contributed by atoms with Gasteiger partial charge >= 0.3 is 5.97 Å². The minimum Gasteiger partial charge on any atom is -0.463 e. The third-order valence-corrected chi connectivity index (χ3v) is 2.60. The summed E-state index contributed by atoms with van der Waals surface area (Å²) >= 11 is 0. The minimum atomic E-state index is -2.56. The van der Waals surface area contributed by atoms with Crippen molar-refractivity contribution in [1.29, 1.82) is 0 Å². The predicted molar refractivity (Wildman–Crippen MR) is 60.3 cm³/mol. The highest BCUT2D eigenvalue weighted by Gasteiger charge is 2.48. The molecule has 0 bridgehead atoms. The lowest BCUT2D eigenvalue weighted by molar-refractivity contribution is -0.156. The van der Waals surface area contributed by atoms with E-state index in [9.17, 15) is 14.0 Å². The molecule has 18 heavy (non-hydrogen) atoms. The molecule has 102 valence electrons. The normalized spacial score (nSPS) is 25.1. The Morgan fingerprint density at radius 3 is 2.61 bits per heavy atom. The van der Waals surface area contributed by atoms with Gasteiger partial charge in [-0.15, -0.1) is 0 Å². The van der Waals surface area contributed by atoms with Gasteiger partial charge in [0.15, 0.2) is 5.79 Å². The van der Waals surface area contributed by atoms with Crippen LogP contribution >= 0.6 is 0 Å². The van der Waals surface area contributed by atoms with E-state index in [0.29, 0.717) is 0 Å². The Labute approximate surface area is 105 Å². The number of hydrogen-bond donors (Lipinski definition) is 0. The molecule has 1 fully saturated rings. The van der Waals surface area contributed by atoms with E-state index in [1.165, 1.54) is 5.94 Å². The summed E-state index contributed by atoms with van der Waals surface area (Å²) in [6.45, 7) is 5.80. The van der Waals surface area contributed by atoms with Gasteiger partial charge in [0.1, 0.15) is 12.0 Å². The molecule has 0 aromatic heterocycles. The van der Waals surface area contributed by atoms with Gasteiger partial charge in [-0.05, 0) is 27.7 Å². The fourth-order valence-electron chi connectivity index (χ4n) is 1.67. The molecule has 0 N–H and O–H groups in total. The summed E-state index contributed by atoms with van der Waals surface area (Å²) in [5.74, 6) is -0.600. The van der Waals surface area contributed by atoms with Gasteiger partial charge in [0.05, 0.1) is 18.8 Å². The average Bonchev–Trinajstić information content (AvgIpc) is 2.59. The van der Waals surface area contributed by atoms with Crippen molar-refractivity contribution in [3.8, 4) is 0 Å². The number of rotatable bonds is 4. The third-order valence-electron chi connectivity index (χ3n) is 2.60. The summed E-state index contributed by atoms with van der Waals surface area (Å²) in [7, 11) is 0. The quantitative estimate of drug-likeness (QED) is 0.561. The van der Waals surface area contributed by atoms with Crippen molar-refractivity contribution in [2.24, 2.45) is 0 Å². The second-order valence-corrected chi connectivity index (χ2v) is 4.56. The van der Waals surface area contributed by atoms with Crippen molar-refractivity contribution in [3.05, 3.63) is 5.57 Å². The Morgan fingerprint density at radius 1 is 1.61 bits per heavy atom. The van der Waals surface area contributed by atoms with Crippen molar-refractivity contribution >= 4 is 11.9 Å². The van der Waals surface area contributed by atoms with Gasteiger partial charge in [-0.25, -0.2) is 14.0 Å². The Bertz CT molecular complexity index is 382. The molecule has 0 spiro atoms. The molecule has 1 saturated heterocycles. The van der Waals surface area contributed by atoms with Gasteiger partial charge in [0.2, 0.25) is 5.67 Å². The first-order valence-electron chi connectivity index (χ1n) is 5.68. The van der Waals surface area contributed by atoms with E-state index in [2.05, 4.69) is 4.74 Å². The molecule has 1 rings (SSSR count). The van der Waals surface area contributed by atoms with Crippen LogP contribution in [0.4, 0.5) is 4.39 Å². The summed E-state index contributed by atoms with van der Waals surface area (Å²) in [5, 5.41) is 0. The molecule has 0 amide bonds. The second-order valence-electron chi connectivity index (χ2n) is 4.56. The Kier molecular flexibility index (Phi) is 4.27. The standard InChI is InChI=1S/C12H17FO5/c1-5-16-10(15)12(4,13)8(6-14)9-7-17-11(2,3)18-9/h9H,5,7H2,1-4H3/t9-,12?/m0/s1. The van der Waals surface area contributed by atoms with Crippen LogP contribution in [-0.4, -0.2) is 42.7 Å². The van der Waals surface area contributed by atoms with Crippen molar-refractivity contribution in [3.63, 3.8) is 0 Å². The molecule has 1 unspecified atom stereocenters. The van der Waals surface area contributed by atoms with Crippen molar-refractivity contribution in [1.82, 2.24) is 0 Å². The SMILES string of the molecule is CCOC(=O)C(C)(F)C(=C=O)[C@@H]1COC(C)(C)O1. The number of ether oxygens (including phenoxy) is 3. The maximum Gasteiger partial charge on any atom is 0.348 e. The van der Waals surface area contributed by atoms with E-state index in [1.807, 2.05) is 0 Å². The van der Waals surface area contributed by atoms with Crippen LogP contribution in [0.5, 0.6) is 0 Å². The number of esters is 1. The fourth-order valence-corrected chi connectivity index (χ4v) is 1.67. The largest absolute Gasteiger partial charge is 0.463 e. The molecule has 0 aromatic carbocycles. The lowest BCUT2D eigenvalue weighted by atomic mass is 9.94. The van der Waals surface area contributed by atoms with Crippen LogP contribution in [0.15, 0.2) is 5.57 Å². The van der Waals surface area contributed by atoms with Gasteiger partial charge in [0, 0.05) is 0 Å². The van der Waals surface area contributed by atoms with Crippen molar-refractivity contribution in [2.45, 2.75) is 45.3 Å². The number of carbonyl (C=O) groups is 1. The van der Waals surface area contributed by atoms with Gasteiger partial charge in [-0.3, -0.25) is 0 Å². The van der Waals surface area contributed by atoms with E-state index < -0.39 is 29.1 Å². The molecule has 0 saturated carbocycles. The van der Waals surface area contributed by atoms with Crippen LogP contribution in [0.25, 0.3) is 0 Å². The van der Waals surface area contributed by atoms with Gasteiger partial charge < -0.3 is 14.2 Å². The number of hydrogen-bond acceptors (Lipinski definition) is 5. The van der Waals surface area contributed by atoms with Gasteiger partial charge in [-0.2, -0.15) is 0 Å². The molecule has 1 heterocycles. The molecule has 1 aliphatic rings. The predicted octanol–water partition coefficient (Wildman–Crippen LogP) is 1.19. The molecule has 0 aromatic rings. The molecular weight excluding hydrogens is 243 g/mol. The first-order chi connectivity index (χ1) is 8.24. The zero-order chi connectivity index (χ0) is 14.0. The monoisotopic (exact) mass is 260 g/mol. The highest BCUT2D eigenvalue weighted by atomic mass is 19.1. The van der Waals surface area contributed by atoms with Crippen LogP contribution in [0.2, 0.25) is 0 Å². The third kappa shape index (κ3) is 2.96. The maximum atomic E-state index is 14.3. The van der Waals surface area contributed by atoms with Crippen molar-refractivity contribution < 1.29 is 28.2 Å². The summed E-state index contributed by atoms with van der Waals surface area (Å²) in [5.41, 5.74) is -3.00. The topological polar surface area (TPSA) is 61.8 Å². The van der Waals surface area contributed by atoms with E-state index in [-0.39, 0.29) is 13.2 Å². The molecule has 5 nitrogen and oxygen atoms in total. The highest BCUT2D eigenvalue weighted by molar-refractivity contribution is 5.86. The van der Waals surface area contributed by atoms with Crippen LogP contribution in [-0.2, 0) is 23.8 Å². The summed E-state index contributed by atoms with van der Waals surface area (Å²) < 4.78 is 29.5. The van der Waals surface area contributed by atoms with E-state index in [1.54, 1.807) is 20.8 Å². The lowest BCUT2D eigenvalue weighted by Gasteiger charge is -2.23. The Balaban J connectivity index is 2.91. The summed E-state index contributed by atoms with van der Waals surface area (Å²) in [4.78, 5) is 22.4. The summed E-state index contributed by atoms with van der Waals surface area (Å²) in [6, 6.07) is 0. The minimum absolute atomic E-state index is 0.00348. The van der Waals surface area contributed by atoms with E-state index in [0.717, 1.165) is 6.92 Å². The fraction of sp³-hybridized carbons (Fsp3) is 0.750. The molecular formula is C12H17FO5. The number of halogens is 1. The molecule has 2 atom stereocenters. The van der Waals surface area contributed by atoms with Gasteiger partial charge in [-0.1, -0.05) is 0 Å². The summed E-state index contributed by atoms with van der Waals surface area (Å²) in [6.07, 6.45) is -0.933. The van der Waals surface area contributed by atoms with Crippen LogP contribution < -0.4 is 0 Å². The molecule has 0 aliphatic carbocycles. The van der Waals surface area contributed by atoms with Gasteiger partial charge in [0.25, 0.3) is 0 Å². The Hall–Kier alpha value is -1.23. The highest BCUT2D eigenvalue weighted by Crippen LogP contribution is 2.33. The lowest BCUT2D eigenvalue weighted by Crippen LogP contribution is -2.40. The van der Waals surface area contributed by atoms with Crippen LogP contribution in [0.3, 0.4) is 0 Å². The van der Waals surface area contributed by atoms with Crippen molar-refractivity contribution in [2.75, 3.05) is 13.2 Å². The average molecular weight is 260 g/mol. The first kappa shape index (κ1) is 14.8. The zero-order valence-electron chi connectivity index (χ0n) is 10.9.